The molecule has 1 atom stereocenters. The van der Waals surface area contributed by atoms with Crippen LogP contribution in [0.2, 0.25) is 5.02 Å². The van der Waals surface area contributed by atoms with E-state index in [4.69, 9.17) is 16.3 Å². The minimum Gasteiger partial charge on any atom is -0.480 e. The summed E-state index contributed by atoms with van der Waals surface area (Å²) in [4.78, 5) is 12.5. The number of halogens is 1. The number of anilines is 1. The summed E-state index contributed by atoms with van der Waals surface area (Å²) in [5.41, 5.74) is 1.88. The van der Waals surface area contributed by atoms with Crippen molar-refractivity contribution in [3.63, 3.8) is 0 Å². The van der Waals surface area contributed by atoms with E-state index in [1.807, 2.05) is 50.2 Å². The van der Waals surface area contributed by atoms with Gasteiger partial charge in [0, 0.05) is 10.6 Å². The lowest BCUT2D eigenvalue weighted by molar-refractivity contribution is -0.122. The third-order valence-corrected chi connectivity index (χ3v) is 4.91. The van der Waals surface area contributed by atoms with Gasteiger partial charge in [-0.2, -0.15) is 0 Å². The van der Waals surface area contributed by atoms with Gasteiger partial charge < -0.3 is 4.74 Å². The normalized spacial score (nSPS) is 11.8. The molecule has 0 saturated carbocycles. The van der Waals surface area contributed by atoms with Gasteiger partial charge in [-0.3, -0.25) is 10.1 Å². The lowest BCUT2D eigenvalue weighted by atomic mass is 10.2. The molecule has 0 radical (unpaired) electrons. The summed E-state index contributed by atoms with van der Waals surface area (Å²) in [6, 6.07) is 14.9. The fraction of sp³-hybridized carbons (Fsp3) is 0.211. The SMILES string of the molecule is CC[C@H](Oc1ccccc1C)C(=O)Nc1nnc(-c2ccc(Cl)cc2)s1. The van der Waals surface area contributed by atoms with E-state index in [9.17, 15) is 4.79 Å². The van der Waals surface area contributed by atoms with Crippen LogP contribution in [0.25, 0.3) is 10.6 Å². The molecule has 3 aromatic rings. The van der Waals surface area contributed by atoms with Crippen molar-refractivity contribution in [2.45, 2.75) is 26.4 Å². The second kappa shape index (κ2) is 8.29. The molecule has 0 bridgehead atoms. The summed E-state index contributed by atoms with van der Waals surface area (Å²) in [5.74, 6) is 0.461. The Labute approximate surface area is 161 Å². The van der Waals surface area contributed by atoms with Crippen molar-refractivity contribution in [1.82, 2.24) is 10.2 Å². The maximum atomic E-state index is 12.5. The number of amides is 1. The average molecular weight is 388 g/mol. The molecule has 0 aliphatic rings. The second-order valence-electron chi connectivity index (χ2n) is 5.69. The highest BCUT2D eigenvalue weighted by atomic mass is 35.5. The van der Waals surface area contributed by atoms with Crippen LogP contribution >= 0.6 is 22.9 Å². The summed E-state index contributed by atoms with van der Waals surface area (Å²) in [6.45, 7) is 3.85. The molecule has 2 aromatic carbocycles. The number of nitrogens with zero attached hydrogens (tertiary/aromatic N) is 2. The molecule has 1 heterocycles. The highest BCUT2D eigenvalue weighted by molar-refractivity contribution is 7.18. The number of rotatable bonds is 6. The van der Waals surface area contributed by atoms with Crippen LogP contribution in [-0.4, -0.2) is 22.2 Å². The maximum absolute atomic E-state index is 12.5. The van der Waals surface area contributed by atoms with Crippen LogP contribution < -0.4 is 10.1 Å². The number of carbonyl (C=O) groups excluding carboxylic acids is 1. The van der Waals surface area contributed by atoms with Crippen LogP contribution in [0.5, 0.6) is 5.75 Å². The highest BCUT2D eigenvalue weighted by Gasteiger charge is 2.21. The number of benzene rings is 2. The van der Waals surface area contributed by atoms with E-state index in [2.05, 4.69) is 15.5 Å². The number of para-hydroxylation sites is 1. The second-order valence-corrected chi connectivity index (χ2v) is 7.10. The van der Waals surface area contributed by atoms with Crippen molar-refractivity contribution in [1.29, 1.82) is 0 Å². The Morgan fingerprint density at radius 3 is 2.62 bits per heavy atom. The Kier molecular flexibility index (Phi) is 5.85. The van der Waals surface area contributed by atoms with Gasteiger partial charge in [-0.25, -0.2) is 0 Å². The zero-order valence-electron chi connectivity index (χ0n) is 14.4. The van der Waals surface area contributed by atoms with Gasteiger partial charge >= 0.3 is 0 Å². The minimum atomic E-state index is -0.598. The maximum Gasteiger partial charge on any atom is 0.267 e. The van der Waals surface area contributed by atoms with E-state index in [1.54, 1.807) is 12.1 Å². The van der Waals surface area contributed by atoms with Crippen LogP contribution in [0.1, 0.15) is 18.9 Å². The Bertz CT molecular complexity index is 896. The zero-order chi connectivity index (χ0) is 18.5. The number of aryl methyl sites for hydroxylation is 1. The third-order valence-electron chi connectivity index (χ3n) is 3.77. The molecule has 0 fully saturated rings. The van der Waals surface area contributed by atoms with Gasteiger partial charge in [-0.1, -0.05) is 60.2 Å². The van der Waals surface area contributed by atoms with Gasteiger partial charge in [-0.05, 0) is 37.1 Å². The van der Waals surface area contributed by atoms with Gasteiger partial charge in [0.05, 0.1) is 0 Å². The van der Waals surface area contributed by atoms with Crippen LogP contribution in [0.3, 0.4) is 0 Å². The van der Waals surface area contributed by atoms with Gasteiger partial charge in [0.1, 0.15) is 10.8 Å². The van der Waals surface area contributed by atoms with E-state index in [0.29, 0.717) is 27.3 Å². The number of ether oxygens (including phenoxy) is 1. The summed E-state index contributed by atoms with van der Waals surface area (Å²) in [5, 5.41) is 12.8. The molecular formula is C19H18ClN3O2S. The van der Waals surface area contributed by atoms with Crippen molar-refractivity contribution in [3.8, 4) is 16.3 Å². The fourth-order valence-electron chi connectivity index (χ4n) is 2.33. The molecule has 1 amide bonds. The van der Waals surface area contributed by atoms with Crippen LogP contribution in [0, 0.1) is 6.92 Å². The number of hydrogen-bond donors (Lipinski definition) is 1. The van der Waals surface area contributed by atoms with E-state index >= 15 is 0 Å². The van der Waals surface area contributed by atoms with Crippen molar-refractivity contribution < 1.29 is 9.53 Å². The lowest BCUT2D eigenvalue weighted by Gasteiger charge is -2.17. The first-order valence-electron chi connectivity index (χ1n) is 8.19. The Hall–Kier alpha value is -2.44. The Morgan fingerprint density at radius 1 is 1.19 bits per heavy atom. The monoisotopic (exact) mass is 387 g/mol. The van der Waals surface area contributed by atoms with Crippen molar-refractivity contribution in [3.05, 3.63) is 59.1 Å². The van der Waals surface area contributed by atoms with E-state index in [1.165, 1.54) is 11.3 Å². The third kappa shape index (κ3) is 4.39. The van der Waals surface area contributed by atoms with Crippen LogP contribution in [0.15, 0.2) is 48.5 Å². The van der Waals surface area contributed by atoms with Gasteiger partial charge in [0.15, 0.2) is 6.10 Å². The lowest BCUT2D eigenvalue weighted by Crippen LogP contribution is -2.32. The van der Waals surface area contributed by atoms with Crippen LogP contribution in [-0.2, 0) is 4.79 Å². The molecule has 0 aliphatic heterocycles. The molecule has 0 spiro atoms. The standard InChI is InChI=1S/C19H18ClN3O2S/c1-3-15(25-16-7-5-4-6-12(16)2)17(24)21-19-23-22-18(26-19)13-8-10-14(20)11-9-13/h4-11,15H,3H2,1-2H3,(H,21,23,24)/t15-/m0/s1. The number of nitrogens with one attached hydrogen (secondary N) is 1. The van der Waals surface area contributed by atoms with Crippen LogP contribution in [0.4, 0.5) is 5.13 Å². The minimum absolute atomic E-state index is 0.241. The molecule has 7 heteroatoms. The number of carbonyl (C=O) groups is 1. The molecule has 5 nitrogen and oxygen atoms in total. The van der Waals surface area contributed by atoms with Gasteiger partial charge in [-0.15, -0.1) is 10.2 Å². The molecule has 1 N–H and O–H groups in total. The van der Waals surface area contributed by atoms with E-state index in [0.717, 1.165) is 11.1 Å². The van der Waals surface area contributed by atoms with E-state index in [-0.39, 0.29) is 5.91 Å². The summed E-state index contributed by atoms with van der Waals surface area (Å²) in [7, 11) is 0. The number of hydrogen-bond acceptors (Lipinski definition) is 5. The average Bonchev–Trinajstić information content (AvgIpc) is 3.10. The highest BCUT2D eigenvalue weighted by Crippen LogP contribution is 2.27. The smallest absolute Gasteiger partial charge is 0.267 e. The first kappa shape index (κ1) is 18.4. The molecule has 0 unspecified atom stereocenters. The van der Waals surface area contributed by atoms with Gasteiger partial charge in [0.25, 0.3) is 5.91 Å². The molecule has 0 aliphatic carbocycles. The predicted molar refractivity (Wildman–Crippen MR) is 105 cm³/mol. The summed E-state index contributed by atoms with van der Waals surface area (Å²) in [6.07, 6.45) is -0.0535. The van der Waals surface area contributed by atoms with Crippen molar-refractivity contribution in [2.75, 3.05) is 5.32 Å². The summed E-state index contributed by atoms with van der Waals surface area (Å²) < 4.78 is 5.86. The predicted octanol–water partition coefficient (Wildman–Crippen LogP) is 4.96. The van der Waals surface area contributed by atoms with E-state index < -0.39 is 6.10 Å². The Morgan fingerprint density at radius 2 is 1.92 bits per heavy atom. The molecular weight excluding hydrogens is 370 g/mol. The number of aromatic nitrogens is 2. The molecule has 3 rings (SSSR count). The first-order valence-corrected chi connectivity index (χ1v) is 9.39. The largest absolute Gasteiger partial charge is 0.480 e. The zero-order valence-corrected chi connectivity index (χ0v) is 16.0. The first-order chi connectivity index (χ1) is 12.6. The van der Waals surface area contributed by atoms with Crippen molar-refractivity contribution in [2.24, 2.45) is 0 Å². The molecule has 134 valence electrons. The fourth-order valence-corrected chi connectivity index (χ4v) is 3.21. The molecule has 26 heavy (non-hydrogen) atoms. The molecule has 1 aromatic heterocycles. The Balaban J connectivity index is 1.68. The molecule has 0 saturated heterocycles. The van der Waals surface area contributed by atoms with Gasteiger partial charge in [0.2, 0.25) is 5.13 Å². The summed E-state index contributed by atoms with van der Waals surface area (Å²) >= 11 is 7.20. The quantitative estimate of drug-likeness (QED) is 0.649. The topological polar surface area (TPSA) is 64.1 Å². The van der Waals surface area contributed by atoms with Crippen molar-refractivity contribution >= 4 is 34.0 Å².